The second-order valence-corrected chi connectivity index (χ2v) is 6.74. The molecule has 0 amide bonds. The summed E-state index contributed by atoms with van der Waals surface area (Å²) in [6.45, 7) is 1.22. The lowest BCUT2D eigenvalue weighted by molar-refractivity contribution is -0.384. The SMILES string of the molecule is O=[N+]([O-])c1c(Cl)ccc(S(=O)(=O)NC2CCNC2)c1Cl. The van der Waals surface area contributed by atoms with Crippen LogP contribution in [0.25, 0.3) is 0 Å². The minimum absolute atomic E-state index is 0.207. The van der Waals surface area contributed by atoms with Gasteiger partial charge in [-0.3, -0.25) is 10.1 Å². The number of rotatable bonds is 4. The van der Waals surface area contributed by atoms with Gasteiger partial charge in [0.1, 0.15) is 14.9 Å². The average molecular weight is 340 g/mol. The lowest BCUT2D eigenvalue weighted by Crippen LogP contribution is -2.36. The maximum atomic E-state index is 12.2. The first kappa shape index (κ1) is 15.5. The van der Waals surface area contributed by atoms with Crippen LogP contribution in [-0.4, -0.2) is 32.5 Å². The zero-order valence-corrected chi connectivity index (χ0v) is 12.4. The highest BCUT2D eigenvalue weighted by molar-refractivity contribution is 7.89. The van der Waals surface area contributed by atoms with Crippen molar-refractivity contribution in [1.82, 2.24) is 10.0 Å². The van der Waals surface area contributed by atoms with Crippen molar-refractivity contribution in [2.75, 3.05) is 13.1 Å². The van der Waals surface area contributed by atoms with Crippen molar-refractivity contribution >= 4 is 38.9 Å². The van der Waals surface area contributed by atoms with Gasteiger partial charge in [0, 0.05) is 12.6 Å². The second-order valence-electron chi connectivity index (χ2n) is 4.28. The minimum Gasteiger partial charge on any atom is -0.315 e. The Morgan fingerprint density at radius 2 is 2.10 bits per heavy atom. The molecular formula is C10H11Cl2N3O4S. The van der Waals surface area contributed by atoms with Gasteiger partial charge in [0.25, 0.3) is 0 Å². The van der Waals surface area contributed by atoms with Gasteiger partial charge in [0.2, 0.25) is 10.0 Å². The van der Waals surface area contributed by atoms with Crippen LogP contribution in [0.1, 0.15) is 6.42 Å². The molecule has 110 valence electrons. The number of halogens is 2. The van der Waals surface area contributed by atoms with Crippen LogP contribution in [0, 0.1) is 10.1 Å². The normalized spacial score (nSPS) is 19.2. The van der Waals surface area contributed by atoms with Crippen LogP contribution in [0.5, 0.6) is 0 Å². The van der Waals surface area contributed by atoms with Crippen LogP contribution < -0.4 is 10.0 Å². The van der Waals surface area contributed by atoms with E-state index in [1.54, 1.807) is 0 Å². The molecule has 2 N–H and O–H groups in total. The molecule has 1 aliphatic heterocycles. The zero-order valence-electron chi connectivity index (χ0n) is 10.1. The Kier molecular flexibility index (Phi) is 4.50. The monoisotopic (exact) mass is 339 g/mol. The Labute approximate surface area is 125 Å². The molecule has 0 aromatic heterocycles. The van der Waals surface area contributed by atoms with Crippen molar-refractivity contribution in [3.8, 4) is 0 Å². The first-order valence-corrected chi connectivity index (χ1v) is 7.92. The smallest absolute Gasteiger partial charge is 0.307 e. The molecule has 1 aromatic rings. The summed E-state index contributed by atoms with van der Waals surface area (Å²) in [7, 11) is -3.93. The van der Waals surface area contributed by atoms with E-state index in [1.165, 1.54) is 0 Å². The van der Waals surface area contributed by atoms with Crippen molar-refractivity contribution in [2.45, 2.75) is 17.4 Å². The molecule has 20 heavy (non-hydrogen) atoms. The molecule has 0 saturated carbocycles. The first-order chi connectivity index (χ1) is 9.33. The van der Waals surface area contributed by atoms with E-state index in [2.05, 4.69) is 10.0 Å². The van der Waals surface area contributed by atoms with Crippen molar-refractivity contribution in [1.29, 1.82) is 0 Å². The standard InChI is InChI=1S/C10H11Cl2N3O4S/c11-7-1-2-8(9(12)10(7)15(16)17)20(18,19)14-6-3-4-13-5-6/h1-2,6,13-14H,3-5H2. The molecule has 1 fully saturated rings. The summed E-state index contributed by atoms with van der Waals surface area (Å²) in [4.78, 5) is 9.73. The van der Waals surface area contributed by atoms with Crippen molar-refractivity contribution < 1.29 is 13.3 Å². The number of hydrogen-bond donors (Lipinski definition) is 2. The average Bonchev–Trinajstić information content (AvgIpc) is 2.79. The zero-order chi connectivity index (χ0) is 14.9. The van der Waals surface area contributed by atoms with E-state index in [0.29, 0.717) is 19.5 Å². The Bertz CT molecular complexity index is 644. The third-order valence-electron chi connectivity index (χ3n) is 2.89. The molecule has 1 saturated heterocycles. The van der Waals surface area contributed by atoms with Crippen LogP contribution >= 0.6 is 23.2 Å². The highest BCUT2D eigenvalue weighted by atomic mass is 35.5. The van der Waals surface area contributed by atoms with Gasteiger partial charge >= 0.3 is 5.69 Å². The molecule has 1 aliphatic rings. The van der Waals surface area contributed by atoms with E-state index in [9.17, 15) is 18.5 Å². The fraction of sp³-hybridized carbons (Fsp3) is 0.400. The van der Waals surface area contributed by atoms with Crippen LogP contribution in [0.15, 0.2) is 17.0 Å². The van der Waals surface area contributed by atoms with E-state index in [0.717, 1.165) is 12.1 Å². The number of nitrogens with one attached hydrogen (secondary N) is 2. The number of hydrogen-bond acceptors (Lipinski definition) is 5. The fourth-order valence-corrected chi connectivity index (χ4v) is 4.10. The highest BCUT2D eigenvalue weighted by Crippen LogP contribution is 2.37. The quantitative estimate of drug-likeness (QED) is 0.640. The fourth-order valence-electron chi connectivity index (χ4n) is 1.94. The summed E-state index contributed by atoms with van der Waals surface area (Å²) >= 11 is 11.5. The van der Waals surface area contributed by atoms with Gasteiger partial charge in [0.15, 0.2) is 0 Å². The molecule has 0 aliphatic carbocycles. The third-order valence-corrected chi connectivity index (χ3v) is 5.25. The van der Waals surface area contributed by atoms with Gasteiger partial charge in [-0.1, -0.05) is 23.2 Å². The molecule has 0 bridgehead atoms. The topological polar surface area (TPSA) is 101 Å². The Morgan fingerprint density at radius 1 is 1.40 bits per heavy atom. The lowest BCUT2D eigenvalue weighted by atomic mass is 10.3. The predicted molar refractivity (Wildman–Crippen MR) is 74.7 cm³/mol. The molecule has 1 unspecified atom stereocenters. The van der Waals surface area contributed by atoms with E-state index in [1.807, 2.05) is 0 Å². The number of benzene rings is 1. The van der Waals surface area contributed by atoms with E-state index in [4.69, 9.17) is 23.2 Å². The van der Waals surface area contributed by atoms with E-state index < -0.39 is 25.7 Å². The van der Waals surface area contributed by atoms with E-state index in [-0.39, 0.29) is 16.0 Å². The van der Waals surface area contributed by atoms with Crippen LogP contribution in [-0.2, 0) is 10.0 Å². The maximum absolute atomic E-state index is 12.2. The number of nitro benzene ring substituents is 1. The van der Waals surface area contributed by atoms with Gasteiger partial charge in [-0.15, -0.1) is 0 Å². The van der Waals surface area contributed by atoms with Gasteiger partial charge in [-0.05, 0) is 25.1 Å². The molecule has 0 radical (unpaired) electrons. The predicted octanol–water partition coefficient (Wildman–Crippen LogP) is 1.54. The van der Waals surface area contributed by atoms with Gasteiger partial charge in [0.05, 0.1) is 4.92 Å². The molecule has 10 heteroatoms. The Balaban J connectivity index is 2.41. The van der Waals surface area contributed by atoms with Crippen molar-refractivity contribution in [2.24, 2.45) is 0 Å². The summed E-state index contributed by atoms with van der Waals surface area (Å²) in [5.74, 6) is 0. The van der Waals surface area contributed by atoms with Crippen LogP contribution in [0.4, 0.5) is 5.69 Å². The van der Waals surface area contributed by atoms with E-state index >= 15 is 0 Å². The molecule has 1 heterocycles. The van der Waals surface area contributed by atoms with Crippen LogP contribution in [0.2, 0.25) is 10.0 Å². The van der Waals surface area contributed by atoms with Crippen LogP contribution in [0.3, 0.4) is 0 Å². The van der Waals surface area contributed by atoms with Crippen molar-refractivity contribution in [3.63, 3.8) is 0 Å². The molecule has 2 rings (SSSR count). The highest BCUT2D eigenvalue weighted by Gasteiger charge is 2.30. The number of nitrogens with zero attached hydrogens (tertiary/aromatic N) is 1. The maximum Gasteiger partial charge on any atom is 0.307 e. The lowest BCUT2D eigenvalue weighted by Gasteiger charge is -2.13. The molecule has 7 nitrogen and oxygen atoms in total. The summed E-state index contributed by atoms with van der Waals surface area (Å²) in [6.07, 6.45) is 0.645. The first-order valence-electron chi connectivity index (χ1n) is 5.68. The second kappa shape index (κ2) is 5.82. The summed E-state index contributed by atoms with van der Waals surface area (Å²) in [5, 5.41) is 13.2. The Hall–Kier alpha value is -0.930. The summed E-state index contributed by atoms with van der Waals surface area (Å²) in [5.41, 5.74) is -0.610. The molecule has 1 aromatic carbocycles. The van der Waals surface area contributed by atoms with Crippen molar-refractivity contribution in [3.05, 3.63) is 32.3 Å². The Morgan fingerprint density at radius 3 is 2.65 bits per heavy atom. The van der Waals surface area contributed by atoms with Gasteiger partial charge in [-0.25, -0.2) is 13.1 Å². The number of sulfonamides is 1. The molecule has 1 atom stereocenters. The minimum atomic E-state index is -3.93. The molecule has 0 spiro atoms. The largest absolute Gasteiger partial charge is 0.315 e. The third kappa shape index (κ3) is 3.04. The van der Waals surface area contributed by atoms with Gasteiger partial charge in [-0.2, -0.15) is 0 Å². The summed E-state index contributed by atoms with van der Waals surface area (Å²) < 4.78 is 26.9. The number of nitro groups is 1. The van der Waals surface area contributed by atoms with Gasteiger partial charge < -0.3 is 5.32 Å². The molecular weight excluding hydrogens is 329 g/mol. The summed E-state index contributed by atoms with van der Waals surface area (Å²) in [6, 6.07) is 2.04.